The van der Waals surface area contributed by atoms with Crippen molar-refractivity contribution in [3.63, 3.8) is 0 Å². The molecule has 0 fully saturated rings. The van der Waals surface area contributed by atoms with E-state index in [2.05, 4.69) is 39.1 Å². The number of allylic oxidation sites excluding steroid dienone is 7. The van der Waals surface area contributed by atoms with Gasteiger partial charge in [0.1, 0.15) is 5.75 Å². The molecule has 50 heavy (non-hydrogen) atoms. The van der Waals surface area contributed by atoms with Crippen molar-refractivity contribution in [3.05, 3.63) is 104 Å². The highest BCUT2D eigenvalue weighted by atomic mass is 35.5. The van der Waals surface area contributed by atoms with E-state index in [0.717, 1.165) is 17.0 Å². The Balaban J connectivity index is 1.53. The number of para-hydroxylation sites is 1. The molecule has 2 aromatic rings. The van der Waals surface area contributed by atoms with Gasteiger partial charge in [-0.3, -0.25) is 9.59 Å². The monoisotopic (exact) mass is 693 g/mol. The molecule has 2 aromatic carbocycles. The van der Waals surface area contributed by atoms with Gasteiger partial charge in [-0.05, 0) is 68.2 Å². The normalized spacial score (nSPS) is 22.9. The molecule has 2 unspecified atom stereocenters. The number of dihydropyridines is 1. The number of carbonyl (C=O) groups excluding carboxylic acids is 3. The third kappa shape index (κ3) is 5.96. The van der Waals surface area contributed by atoms with Crippen LogP contribution in [0.1, 0.15) is 97.1 Å². The highest BCUT2D eigenvalue weighted by Gasteiger charge is 2.46. The summed E-state index contributed by atoms with van der Waals surface area (Å²) in [6.45, 7) is 14.0. The van der Waals surface area contributed by atoms with E-state index in [9.17, 15) is 19.6 Å². The van der Waals surface area contributed by atoms with Crippen LogP contribution in [0.15, 0.2) is 87.5 Å². The summed E-state index contributed by atoms with van der Waals surface area (Å²) in [5, 5.41) is 14.4. The zero-order chi connectivity index (χ0) is 36.3. The molecule has 6 rings (SSSR count). The predicted octanol–water partition coefficient (Wildman–Crippen LogP) is 8.56. The molecule has 2 heterocycles. The minimum absolute atomic E-state index is 0.00674. The second kappa shape index (κ2) is 12.9. The van der Waals surface area contributed by atoms with Gasteiger partial charge in [0.25, 0.3) is 0 Å². The molecule has 260 valence electrons. The first kappa shape index (κ1) is 35.2. The zero-order valence-corrected chi connectivity index (χ0v) is 30.8. The lowest BCUT2D eigenvalue weighted by Crippen LogP contribution is -2.39. The summed E-state index contributed by atoms with van der Waals surface area (Å²) in [6, 6.07) is 15.5. The van der Waals surface area contributed by atoms with Gasteiger partial charge in [0.05, 0.1) is 36.9 Å². The van der Waals surface area contributed by atoms with E-state index in [4.69, 9.17) is 21.1 Å². The second-order valence-electron chi connectivity index (χ2n) is 15.3. The maximum atomic E-state index is 14.1. The molecule has 0 saturated carbocycles. The van der Waals surface area contributed by atoms with E-state index in [1.807, 2.05) is 61.2 Å². The lowest BCUT2D eigenvalue weighted by Gasteiger charge is -2.44. The molecule has 2 aliphatic heterocycles. The lowest BCUT2D eigenvalue weighted by molar-refractivity contribution is -0.138. The van der Waals surface area contributed by atoms with Crippen molar-refractivity contribution in [3.8, 4) is 11.8 Å². The van der Waals surface area contributed by atoms with Gasteiger partial charge in [0, 0.05) is 69.0 Å². The van der Waals surface area contributed by atoms with E-state index >= 15 is 0 Å². The number of halogens is 1. The number of nitrogens with zero attached hydrogens (tertiary/aromatic N) is 2. The Kier molecular flexibility index (Phi) is 9.11. The summed E-state index contributed by atoms with van der Waals surface area (Å²) in [6.07, 6.45) is 1.94. The highest BCUT2D eigenvalue weighted by molar-refractivity contribution is 6.32. The number of ether oxygens (including phenoxy) is 2. The quantitative estimate of drug-likeness (QED) is 0.300. The Morgan fingerprint density at radius 1 is 0.960 bits per heavy atom. The number of ketones is 2. The lowest BCUT2D eigenvalue weighted by atomic mass is 9.68. The fourth-order valence-corrected chi connectivity index (χ4v) is 8.62. The largest absolute Gasteiger partial charge is 0.496 e. The molecular weight excluding hydrogens is 650 g/mol. The Hall–Kier alpha value is -4.61. The average Bonchev–Trinajstić information content (AvgIpc) is 3.02. The number of nitriles is 1. The second-order valence-corrected chi connectivity index (χ2v) is 15.7. The van der Waals surface area contributed by atoms with Crippen molar-refractivity contribution >= 4 is 34.8 Å². The molecule has 9 heteroatoms. The van der Waals surface area contributed by atoms with E-state index in [0.29, 0.717) is 81.4 Å². The zero-order valence-electron chi connectivity index (χ0n) is 30.0. The van der Waals surface area contributed by atoms with Crippen molar-refractivity contribution in [2.24, 2.45) is 10.8 Å². The van der Waals surface area contributed by atoms with Crippen LogP contribution in [-0.4, -0.2) is 31.3 Å². The predicted molar refractivity (Wildman–Crippen MR) is 193 cm³/mol. The molecule has 0 spiro atoms. The van der Waals surface area contributed by atoms with Gasteiger partial charge in [-0.2, -0.15) is 5.26 Å². The van der Waals surface area contributed by atoms with Gasteiger partial charge in [0.15, 0.2) is 11.6 Å². The standard InChI is InChI=1S/C41H44ClN3O5/c1-9-50-39(48)34-22(2)44-29-17-40(4,5)19-31(46)37(29)36(34)25-15-14-24(16-28(25)42)45-23(3)27(21-43)35(26-12-10-11-13-33(26)49-8)38-30(45)18-41(6,7)20-32(38)47/h10-16,35-36,44H,9,17-20H2,1-8H3. The number of hydrogen-bond donors (Lipinski definition) is 1. The number of rotatable bonds is 6. The van der Waals surface area contributed by atoms with Crippen LogP contribution < -0.4 is 15.0 Å². The summed E-state index contributed by atoms with van der Waals surface area (Å²) < 4.78 is 11.2. The van der Waals surface area contributed by atoms with Crippen LogP contribution in [0.2, 0.25) is 5.02 Å². The van der Waals surface area contributed by atoms with Gasteiger partial charge in [0.2, 0.25) is 0 Å². The molecule has 0 bridgehead atoms. The van der Waals surface area contributed by atoms with Crippen molar-refractivity contribution in [1.29, 1.82) is 5.26 Å². The molecular formula is C41H44ClN3O5. The molecule has 2 atom stereocenters. The molecule has 0 radical (unpaired) electrons. The molecule has 1 N–H and O–H groups in total. The first-order chi connectivity index (χ1) is 23.6. The minimum Gasteiger partial charge on any atom is -0.496 e. The van der Waals surface area contributed by atoms with Crippen LogP contribution in [0, 0.1) is 22.2 Å². The van der Waals surface area contributed by atoms with Gasteiger partial charge in [-0.15, -0.1) is 0 Å². The van der Waals surface area contributed by atoms with E-state index in [1.54, 1.807) is 14.0 Å². The van der Waals surface area contributed by atoms with Crippen LogP contribution in [0.4, 0.5) is 5.69 Å². The van der Waals surface area contributed by atoms with Gasteiger partial charge in [-0.25, -0.2) is 4.79 Å². The Morgan fingerprint density at radius 3 is 2.26 bits per heavy atom. The molecule has 2 aliphatic carbocycles. The van der Waals surface area contributed by atoms with Crippen LogP contribution in [0.3, 0.4) is 0 Å². The number of carbonyl (C=O) groups is 3. The van der Waals surface area contributed by atoms with Gasteiger partial charge in [-0.1, -0.05) is 63.6 Å². The molecule has 0 amide bonds. The van der Waals surface area contributed by atoms with Crippen LogP contribution >= 0.6 is 11.6 Å². The number of esters is 1. The van der Waals surface area contributed by atoms with Crippen LogP contribution in [-0.2, 0) is 19.1 Å². The number of methoxy groups -OCH3 is 1. The molecule has 8 nitrogen and oxygen atoms in total. The first-order valence-electron chi connectivity index (χ1n) is 17.1. The molecule has 4 aliphatic rings. The summed E-state index contributed by atoms with van der Waals surface area (Å²) in [4.78, 5) is 43.4. The van der Waals surface area contributed by atoms with Crippen molar-refractivity contribution in [1.82, 2.24) is 5.32 Å². The number of benzene rings is 2. The summed E-state index contributed by atoms with van der Waals surface area (Å²) in [7, 11) is 1.59. The summed E-state index contributed by atoms with van der Waals surface area (Å²) in [5.74, 6) is -1.23. The van der Waals surface area contributed by atoms with Crippen LogP contribution in [0.5, 0.6) is 5.75 Å². The van der Waals surface area contributed by atoms with Gasteiger partial charge >= 0.3 is 5.97 Å². The highest BCUT2D eigenvalue weighted by Crippen LogP contribution is 2.53. The fraction of sp³-hybridized carbons (Fsp3) is 0.415. The smallest absolute Gasteiger partial charge is 0.336 e. The maximum absolute atomic E-state index is 14.1. The molecule has 0 saturated heterocycles. The first-order valence-corrected chi connectivity index (χ1v) is 17.5. The summed E-state index contributed by atoms with van der Waals surface area (Å²) >= 11 is 7.22. The van der Waals surface area contributed by atoms with E-state index < -0.39 is 17.8 Å². The maximum Gasteiger partial charge on any atom is 0.336 e. The topological polar surface area (TPSA) is 109 Å². The number of anilines is 1. The Morgan fingerprint density at radius 2 is 1.62 bits per heavy atom. The van der Waals surface area contributed by atoms with E-state index in [1.165, 1.54) is 0 Å². The van der Waals surface area contributed by atoms with E-state index in [-0.39, 0.29) is 29.0 Å². The molecule has 0 aromatic heterocycles. The minimum atomic E-state index is -0.719. The fourth-order valence-electron chi connectivity index (χ4n) is 8.33. The third-order valence-corrected chi connectivity index (χ3v) is 10.7. The van der Waals surface area contributed by atoms with Crippen molar-refractivity contribution in [2.45, 2.75) is 86.0 Å². The Bertz CT molecular complexity index is 2010. The Labute approximate surface area is 299 Å². The third-order valence-electron chi connectivity index (χ3n) is 10.3. The number of hydrogen-bond acceptors (Lipinski definition) is 8. The van der Waals surface area contributed by atoms with Crippen LogP contribution in [0.25, 0.3) is 0 Å². The van der Waals surface area contributed by atoms with Gasteiger partial charge < -0.3 is 19.7 Å². The number of Topliss-reactive ketones (excluding diaryl/α,β-unsaturated/α-hetero) is 2. The average molecular weight is 694 g/mol. The number of nitrogens with one attached hydrogen (secondary N) is 1. The van der Waals surface area contributed by atoms with Crippen molar-refractivity contribution < 1.29 is 23.9 Å². The summed E-state index contributed by atoms with van der Waals surface area (Å²) in [5.41, 5.74) is 6.38. The SMILES string of the molecule is CCOC(=O)C1=C(C)NC2=C(C(=O)CC(C)(C)C2)C1c1ccc(N2C(C)=C(C#N)C(c3ccccc3OC)C3=C2CC(C)(C)CC3=O)cc1Cl. The van der Waals surface area contributed by atoms with Crippen molar-refractivity contribution in [2.75, 3.05) is 18.6 Å².